The van der Waals surface area contributed by atoms with Crippen molar-refractivity contribution in [3.05, 3.63) is 38.9 Å². The summed E-state index contributed by atoms with van der Waals surface area (Å²) in [6.45, 7) is 0. The molecular weight excluding hydrogens is 222 g/mol. The molecule has 1 aromatic rings. The largest absolute Gasteiger partial charge is 0.289 e. The molecule has 5 heteroatoms. The maximum atomic E-state index is 10.5. The minimum absolute atomic E-state index is 0.117. The maximum Gasteiger partial charge on any atom is 0.289 e. The lowest BCUT2D eigenvalue weighted by Crippen LogP contribution is -1.89. The minimum atomic E-state index is -0.534. The van der Waals surface area contributed by atoms with Crippen LogP contribution in [0, 0.1) is 22.0 Å². The molecule has 1 aromatic carbocycles. The van der Waals surface area contributed by atoms with Gasteiger partial charge >= 0.3 is 0 Å². The highest BCUT2D eigenvalue weighted by molar-refractivity contribution is 7.80. The summed E-state index contributed by atoms with van der Waals surface area (Å²) in [4.78, 5) is 9.97. The molecule has 3 nitrogen and oxygen atoms in total. The fourth-order valence-electron chi connectivity index (χ4n) is 0.872. The average molecular weight is 228 g/mol. The highest BCUT2D eigenvalue weighted by atomic mass is 35.5. The van der Waals surface area contributed by atoms with Gasteiger partial charge in [-0.3, -0.25) is 10.1 Å². The van der Waals surface area contributed by atoms with Crippen LogP contribution in [0.4, 0.5) is 5.69 Å². The molecule has 1 rings (SSSR count). The van der Waals surface area contributed by atoms with Gasteiger partial charge in [-0.15, -0.1) is 0 Å². The van der Waals surface area contributed by atoms with Crippen LogP contribution in [0.2, 0.25) is 5.02 Å². The second kappa shape index (κ2) is 4.89. The number of rotatable bonds is 1. The lowest BCUT2D eigenvalue weighted by atomic mass is 10.2. The van der Waals surface area contributed by atoms with Gasteiger partial charge < -0.3 is 0 Å². The Bertz CT molecular complexity index is 423. The van der Waals surface area contributed by atoms with Crippen LogP contribution in [0.25, 0.3) is 0 Å². The Labute approximate surface area is 91.6 Å². The van der Waals surface area contributed by atoms with E-state index in [-0.39, 0.29) is 10.7 Å². The van der Waals surface area contributed by atoms with E-state index in [4.69, 9.17) is 11.6 Å². The molecule has 0 unspecified atom stereocenters. The second-order valence-corrected chi connectivity index (χ2v) is 3.11. The van der Waals surface area contributed by atoms with Gasteiger partial charge in [0.15, 0.2) is 0 Å². The van der Waals surface area contributed by atoms with Gasteiger partial charge in [0.1, 0.15) is 5.02 Å². The van der Waals surface area contributed by atoms with Crippen molar-refractivity contribution in [3.8, 4) is 11.8 Å². The number of halogens is 1. The van der Waals surface area contributed by atoms with Crippen molar-refractivity contribution >= 4 is 29.9 Å². The number of hydrogen-bond donors (Lipinski definition) is 1. The van der Waals surface area contributed by atoms with E-state index >= 15 is 0 Å². The SMILES string of the molecule is O=[N+]([O-])c1cc(C#CCS)ccc1Cl. The molecule has 0 heterocycles. The van der Waals surface area contributed by atoms with Crippen LogP contribution in [-0.4, -0.2) is 10.7 Å². The fourth-order valence-corrected chi connectivity index (χ4v) is 1.14. The predicted molar refractivity (Wildman–Crippen MR) is 58.8 cm³/mol. The monoisotopic (exact) mass is 227 g/mol. The Morgan fingerprint density at radius 1 is 1.57 bits per heavy atom. The van der Waals surface area contributed by atoms with E-state index in [0.717, 1.165) is 0 Å². The van der Waals surface area contributed by atoms with Crippen molar-refractivity contribution in [3.63, 3.8) is 0 Å². The van der Waals surface area contributed by atoms with Crippen molar-refractivity contribution in [2.45, 2.75) is 0 Å². The zero-order valence-corrected chi connectivity index (χ0v) is 8.68. The highest BCUT2D eigenvalue weighted by Gasteiger charge is 2.11. The lowest BCUT2D eigenvalue weighted by Gasteiger charge is -1.95. The summed E-state index contributed by atoms with van der Waals surface area (Å²) in [6.07, 6.45) is 0. The molecule has 0 spiro atoms. The molecule has 0 aromatic heterocycles. The molecular formula is C9H6ClNO2S. The van der Waals surface area contributed by atoms with Gasteiger partial charge in [-0.2, -0.15) is 12.6 Å². The van der Waals surface area contributed by atoms with Gasteiger partial charge in [-0.05, 0) is 12.1 Å². The maximum absolute atomic E-state index is 10.5. The van der Waals surface area contributed by atoms with Crippen LogP contribution < -0.4 is 0 Å². The Hall–Kier alpha value is -1.18. The van der Waals surface area contributed by atoms with E-state index in [1.54, 1.807) is 6.07 Å². The number of nitrogens with zero attached hydrogens (tertiary/aromatic N) is 1. The first-order valence-corrected chi connectivity index (χ1v) is 4.70. The Kier molecular flexibility index (Phi) is 3.81. The quantitative estimate of drug-likeness (QED) is 0.347. The number of hydrogen-bond acceptors (Lipinski definition) is 3. The lowest BCUT2D eigenvalue weighted by molar-refractivity contribution is -0.384. The van der Waals surface area contributed by atoms with Crippen molar-refractivity contribution in [1.29, 1.82) is 0 Å². The smallest absolute Gasteiger partial charge is 0.258 e. The molecule has 0 amide bonds. The van der Waals surface area contributed by atoms with Crippen LogP contribution in [0.5, 0.6) is 0 Å². The standard InChI is InChI=1S/C9H6ClNO2S/c10-8-4-3-7(2-1-5-14)6-9(8)11(12)13/h3-4,6,14H,5H2. The zero-order chi connectivity index (χ0) is 10.6. The van der Waals surface area contributed by atoms with Crippen molar-refractivity contribution in [2.24, 2.45) is 0 Å². The number of nitro benzene ring substituents is 1. The van der Waals surface area contributed by atoms with Gasteiger partial charge in [-0.25, -0.2) is 0 Å². The molecule has 0 aliphatic heterocycles. The number of benzene rings is 1. The van der Waals surface area contributed by atoms with Crippen molar-refractivity contribution in [1.82, 2.24) is 0 Å². The predicted octanol–water partition coefficient (Wildman–Crippen LogP) is 2.53. The van der Waals surface area contributed by atoms with E-state index in [9.17, 15) is 10.1 Å². The molecule has 0 aliphatic rings. The zero-order valence-electron chi connectivity index (χ0n) is 7.03. The summed E-state index contributed by atoms with van der Waals surface area (Å²) in [7, 11) is 0. The van der Waals surface area contributed by atoms with Crippen LogP contribution in [0.1, 0.15) is 5.56 Å². The molecule has 14 heavy (non-hydrogen) atoms. The molecule has 0 atom stereocenters. The number of thiol groups is 1. The van der Waals surface area contributed by atoms with Gasteiger partial charge in [0.2, 0.25) is 0 Å². The van der Waals surface area contributed by atoms with E-state index in [2.05, 4.69) is 24.5 Å². The first-order chi connectivity index (χ1) is 6.65. The summed E-state index contributed by atoms with van der Waals surface area (Å²) in [5.74, 6) is 5.84. The van der Waals surface area contributed by atoms with Crippen LogP contribution in [-0.2, 0) is 0 Å². The summed E-state index contributed by atoms with van der Waals surface area (Å²) < 4.78 is 0. The molecule has 72 valence electrons. The van der Waals surface area contributed by atoms with E-state index < -0.39 is 4.92 Å². The average Bonchev–Trinajstić information content (AvgIpc) is 2.16. The molecule has 0 saturated heterocycles. The van der Waals surface area contributed by atoms with Crippen LogP contribution in [0.15, 0.2) is 18.2 Å². The minimum Gasteiger partial charge on any atom is -0.258 e. The van der Waals surface area contributed by atoms with Crippen molar-refractivity contribution < 1.29 is 4.92 Å². The number of nitro groups is 1. The van der Waals surface area contributed by atoms with Crippen LogP contribution >= 0.6 is 24.2 Å². The first kappa shape index (κ1) is 10.9. The molecule has 0 N–H and O–H groups in total. The van der Waals surface area contributed by atoms with E-state index in [0.29, 0.717) is 11.3 Å². The Morgan fingerprint density at radius 3 is 2.86 bits per heavy atom. The van der Waals surface area contributed by atoms with Crippen molar-refractivity contribution in [2.75, 3.05) is 5.75 Å². The van der Waals surface area contributed by atoms with E-state index in [1.165, 1.54) is 12.1 Å². The third-order valence-corrected chi connectivity index (χ3v) is 1.93. The Balaban J connectivity index is 3.13. The summed E-state index contributed by atoms with van der Waals surface area (Å²) in [5, 5.41) is 10.6. The summed E-state index contributed by atoms with van der Waals surface area (Å²) in [5.41, 5.74) is 0.438. The van der Waals surface area contributed by atoms with Gasteiger partial charge in [0.25, 0.3) is 5.69 Å². The normalized spacial score (nSPS) is 9.00. The van der Waals surface area contributed by atoms with E-state index in [1.807, 2.05) is 0 Å². The molecule has 0 fully saturated rings. The van der Waals surface area contributed by atoms with Gasteiger partial charge in [-0.1, -0.05) is 23.4 Å². The molecule has 0 aliphatic carbocycles. The third-order valence-electron chi connectivity index (χ3n) is 1.45. The summed E-state index contributed by atoms with van der Waals surface area (Å²) in [6, 6.07) is 4.44. The topological polar surface area (TPSA) is 43.1 Å². The Morgan fingerprint density at radius 2 is 2.29 bits per heavy atom. The van der Waals surface area contributed by atoms with Gasteiger partial charge in [0.05, 0.1) is 10.7 Å². The van der Waals surface area contributed by atoms with Gasteiger partial charge in [0, 0.05) is 11.6 Å². The third kappa shape index (κ3) is 2.66. The fraction of sp³-hybridized carbons (Fsp3) is 0.111. The van der Waals surface area contributed by atoms with Crippen LogP contribution in [0.3, 0.4) is 0 Å². The molecule has 0 radical (unpaired) electrons. The second-order valence-electron chi connectivity index (χ2n) is 2.38. The highest BCUT2D eigenvalue weighted by Crippen LogP contribution is 2.24. The first-order valence-electron chi connectivity index (χ1n) is 3.69. The molecule has 0 saturated carbocycles. The summed E-state index contributed by atoms with van der Waals surface area (Å²) >= 11 is 9.52. The molecule has 0 bridgehead atoms.